The Morgan fingerprint density at radius 1 is 0.614 bits per heavy atom. The summed E-state index contributed by atoms with van der Waals surface area (Å²) in [6, 6.07) is 14.2. The van der Waals surface area contributed by atoms with Crippen LogP contribution in [0.5, 0.6) is 11.5 Å². The minimum Gasteiger partial charge on any atom is -0.488 e. The number of unbranched alkanes of at least 4 members (excludes halogenated alkanes) is 4. The van der Waals surface area contributed by atoms with Crippen LogP contribution in [0.4, 0.5) is 0 Å². The van der Waals surface area contributed by atoms with E-state index in [0.717, 1.165) is 72.1 Å². The molecule has 44 heavy (non-hydrogen) atoms. The molecule has 0 aliphatic heterocycles. The van der Waals surface area contributed by atoms with Crippen molar-refractivity contribution < 1.29 is 38.0 Å². The van der Waals surface area contributed by atoms with Crippen molar-refractivity contribution >= 4 is 33.5 Å². The van der Waals surface area contributed by atoms with Gasteiger partial charge in [0.25, 0.3) is 0 Å². The number of fused-ring (bicyclic) bond motifs is 2. The van der Waals surface area contributed by atoms with E-state index in [2.05, 4.69) is 32.9 Å². The monoisotopic (exact) mass is 610 g/mol. The van der Waals surface area contributed by atoms with E-state index in [0.29, 0.717) is 24.7 Å². The molecule has 0 saturated carbocycles. The van der Waals surface area contributed by atoms with E-state index in [1.165, 1.54) is 13.8 Å². The first-order chi connectivity index (χ1) is 21.4. The van der Waals surface area contributed by atoms with Crippen molar-refractivity contribution in [1.29, 1.82) is 0 Å². The third-order valence-electron chi connectivity index (χ3n) is 7.28. The van der Waals surface area contributed by atoms with Crippen LogP contribution in [0.3, 0.4) is 0 Å². The van der Waals surface area contributed by atoms with Crippen molar-refractivity contribution in [1.82, 2.24) is 0 Å². The molecule has 0 aromatic heterocycles. The number of carbonyl (C=O) groups excluding carboxylic acids is 2. The summed E-state index contributed by atoms with van der Waals surface area (Å²) in [6.07, 6.45) is 6.08. The smallest absolute Gasteiger partial charge is 0.303 e. The van der Waals surface area contributed by atoms with Crippen LogP contribution in [0.25, 0.3) is 21.5 Å². The van der Waals surface area contributed by atoms with Crippen molar-refractivity contribution in [2.75, 3.05) is 39.6 Å². The second kappa shape index (κ2) is 19.1. The molecule has 0 aliphatic rings. The molecule has 3 aromatic rings. The fourth-order valence-electron chi connectivity index (χ4n) is 5.07. The van der Waals surface area contributed by atoms with Crippen LogP contribution in [0.15, 0.2) is 42.5 Å². The number of hydrogen-bond donors (Lipinski definition) is 0. The molecule has 2 unspecified atom stereocenters. The number of rotatable bonds is 21. The summed E-state index contributed by atoms with van der Waals surface area (Å²) in [6.45, 7) is 11.2. The van der Waals surface area contributed by atoms with E-state index in [4.69, 9.17) is 28.4 Å². The van der Waals surface area contributed by atoms with Gasteiger partial charge in [-0.1, -0.05) is 82.9 Å². The fourth-order valence-corrected chi connectivity index (χ4v) is 5.07. The summed E-state index contributed by atoms with van der Waals surface area (Å²) in [5, 5.41) is 3.50. The third kappa shape index (κ3) is 11.0. The van der Waals surface area contributed by atoms with Gasteiger partial charge in [0.1, 0.15) is 24.7 Å². The lowest BCUT2D eigenvalue weighted by molar-refractivity contribution is -0.152. The zero-order chi connectivity index (χ0) is 31.7. The van der Waals surface area contributed by atoms with E-state index in [9.17, 15) is 9.59 Å². The summed E-state index contributed by atoms with van der Waals surface area (Å²) in [5.74, 6) is 0.624. The van der Waals surface area contributed by atoms with E-state index < -0.39 is 12.2 Å². The zero-order valence-electron chi connectivity index (χ0n) is 27.2. The van der Waals surface area contributed by atoms with E-state index in [-0.39, 0.29) is 38.4 Å². The topological polar surface area (TPSA) is 89.5 Å². The lowest BCUT2D eigenvalue weighted by atomic mass is 9.98. The highest BCUT2D eigenvalue weighted by molar-refractivity contribution is 6.11. The number of hydrogen-bond acceptors (Lipinski definition) is 8. The molecule has 0 bridgehead atoms. The summed E-state index contributed by atoms with van der Waals surface area (Å²) in [4.78, 5) is 23.7. The quantitative estimate of drug-likeness (QED) is 0.0692. The van der Waals surface area contributed by atoms with Gasteiger partial charge in [0, 0.05) is 48.6 Å². The number of aryl methyl sites for hydroxylation is 1. The van der Waals surface area contributed by atoms with Gasteiger partial charge in [0.05, 0.1) is 13.2 Å². The molecule has 0 radical (unpaired) electrons. The number of ether oxygens (including phenoxy) is 6. The first kappa shape index (κ1) is 35.1. The second-order valence-electron chi connectivity index (χ2n) is 11.1. The summed E-state index contributed by atoms with van der Waals surface area (Å²) < 4.78 is 35.7. The molecular formula is C36H50O8. The second-order valence-corrected chi connectivity index (χ2v) is 11.1. The van der Waals surface area contributed by atoms with E-state index in [1.54, 1.807) is 0 Å². The van der Waals surface area contributed by atoms with Gasteiger partial charge in [-0.2, -0.15) is 0 Å². The summed E-state index contributed by atoms with van der Waals surface area (Å²) in [5.41, 5.74) is 1.15. The van der Waals surface area contributed by atoms with Crippen LogP contribution in [0.1, 0.15) is 78.7 Å². The molecule has 0 heterocycles. The SMILES string of the molecule is CCCCCOCC(COc1c2ccccc2c(OCC(COCCCCC)OC(C)=O)c2cc(CC)ccc12)OC(C)=O. The molecule has 0 amide bonds. The molecule has 3 aromatic carbocycles. The van der Waals surface area contributed by atoms with E-state index >= 15 is 0 Å². The predicted octanol–water partition coefficient (Wildman–Crippen LogP) is 7.59. The average molecular weight is 611 g/mol. The van der Waals surface area contributed by atoms with Crippen molar-refractivity contribution in [3.63, 3.8) is 0 Å². The van der Waals surface area contributed by atoms with E-state index in [1.807, 2.05) is 30.3 Å². The van der Waals surface area contributed by atoms with Crippen LogP contribution >= 0.6 is 0 Å². The molecule has 0 N–H and O–H groups in total. The first-order valence-electron chi connectivity index (χ1n) is 16.1. The molecule has 0 fully saturated rings. The molecule has 0 saturated heterocycles. The molecule has 8 nitrogen and oxygen atoms in total. The highest BCUT2D eigenvalue weighted by atomic mass is 16.6. The van der Waals surface area contributed by atoms with Crippen molar-refractivity contribution in [3.8, 4) is 11.5 Å². The Hall–Kier alpha value is -3.36. The maximum absolute atomic E-state index is 11.9. The van der Waals surface area contributed by atoms with Crippen LogP contribution in [0, 0.1) is 0 Å². The number of carbonyl (C=O) groups is 2. The molecule has 3 rings (SSSR count). The Morgan fingerprint density at radius 3 is 1.55 bits per heavy atom. The van der Waals surface area contributed by atoms with Gasteiger partial charge in [-0.05, 0) is 30.9 Å². The van der Waals surface area contributed by atoms with Gasteiger partial charge in [0.15, 0.2) is 12.2 Å². The Balaban J connectivity index is 1.92. The molecule has 242 valence electrons. The number of esters is 2. The minimum atomic E-state index is -0.546. The Morgan fingerprint density at radius 2 is 1.09 bits per heavy atom. The molecule has 0 aliphatic carbocycles. The molecule has 0 spiro atoms. The standard InChI is InChI=1S/C36H50O8/c1-6-9-13-19-39-22-29(43-26(4)37)24-41-35-31-15-11-12-16-32(31)36(34-21-28(8-3)17-18-33(34)35)42-25-30(44-27(5)38)23-40-20-14-10-7-2/h11-12,15-18,21,29-30H,6-10,13-14,19-20,22-25H2,1-5H3. The van der Waals surface area contributed by atoms with Gasteiger partial charge >= 0.3 is 11.9 Å². The van der Waals surface area contributed by atoms with Gasteiger partial charge in [-0.15, -0.1) is 0 Å². The Kier molecular flexibility index (Phi) is 15.3. The van der Waals surface area contributed by atoms with Crippen molar-refractivity contribution in [3.05, 3.63) is 48.0 Å². The van der Waals surface area contributed by atoms with Crippen LogP contribution in [-0.2, 0) is 35.0 Å². The Bertz CT molecular complexity index is 1320. The van der Waals surface area contributed by atoms with Crippen LogP contribution in [-0.4, -0.2) is 63.8 Å². The van der Waals surface area contributed by atoms with Crippen LogP contribution in [0.2, 0.25) is 0 Å². The lowest BCUT2D eigenvalue weighted by Gasteiger charge is -2.23. The summed E-state index contributed by atoms with van der Waals surface area (Å²) in [7, 11) is 0. The molecule has 8 heteroatoms. The van der Waals surface area contributed by atoms with Gasteiger partial charge in [-0.3, -0.25) is 9.59 Å². The first-order valence-corrected chi connectivity index (χ1v) is 16.1. The van der Waals surface area contributed by atoms with Gasteiger partial charge in [0.2, 0.25) is 0 Å². The lowest BCUT2D eigenvalue weighted by Crippen LogP contribution is -2.29. The zero-order valence-corrected chi connectivity index (χ0v) is 27.2. The normalized spacial score (nSPS) is 12.7. The minimum absolute atomic E-state index is 0.145. The predicted molar refractivity (Wildman–Crippen MR) is 174 cm³/mol. The van der Waals surface area contributed by atoms with Crippen molar-refractivity contribution in [2.24, 2.45) is 0 Å². The number of benzene rings is 3. The Labute approximate surface area is 262 Å². The maximum atomic E-state index is 11.9. The van der Waals surface area contributed by atoms with Gasteiger partial charge in [-0.25, -0.2) is 0 Å². The average Bonchev–Trinajstić information content (AvgIpc) is 3.01. The highest BCUT2D eigenvalue weighted by Crippen LogP contribution is 2.43. The van der Waals surface area contributed by atoms with Crippen LogP contribution < -0.4 is 9.47 Å². The summed E-state index contributed by atoms with van der Waals surface area (Å²) >= 11 is 0. The fraction of sp³-hybridized carbons (Fsp3) is 0.556. The molecular weight excluding hydrogens is 560 g/mol. The van der Waals surface area contributed by atoms with Crippen molar-refractivity contribution in [2.45, 2.75) is 91.8 Å². The van der Waals surface area contributed by atoms with Gasteiger partial charge < -0.3 is 28.4 Å². The molecule has 2 atom stereocenters. The maximum Gasteiger partial charge on any atom is 0.303 e. The largest absolute Gasteiger partial charge is 0.488 e. The highest BCUT2D eigenvalue weighted by Gasteiger charge is 2.21. The third-order valence-corrected chi connectivity index (χ3v) is 7.28.